The quantitative estimate of drug-likeness (QED) is 0.925. The average molecular weight is 310 g/mol. The molecule has 2 heterocycles. The highest BCUT2D eigenvalue weighted by Gasteiger charge is 2.21. The van der Waals surface area contributed by atoms with Crippen LogP contribution in [0.4, 0.5) is 14.5 Å². The highest BCUT2D eigenvalue weighted by atomic mass is 19.2. The fraction of sp³-hybridized carbons (Fsp3) is 0.647. The molecule has 0 amide bonds. The van der Waals surface area contributed by atoms with Gasteiger partial charge in [0.25, 0.3) is 0 Å². The number of halogens is 2. The summed E-state index contributed by atoms with van der Waals surface area (Å²) in [6.45, 7) is 4.62. The van der Waals surface area contributed by atoms with E-state index in [1.165, 1.54) is 12.1 Å². The summed E-state index contributed by atoms with van der Waals surface area (Å²) < 4.78 is 31.7. The third-order valence-electron chi connectivity index (χ3n) is 4.80. The molecule has 0 spiro atoms. The Balaban J connectivity index is 1.44. The number of anilines is 1. The molecule has 2 saturated heterocycles. The molecule has 22 heavy (non-hydrogen) atoms. The van der Waals surface area contributed by atoms with Crippen molar-refractivity contribution in [3.63, 3.8) is 0 Å². The Morgan fingerprint density at radius 2 is 1.77 bits per heavy atom. The van der Waals surface area contributed by atoms with E-state index in [-0.39, 0.29) is 0 Å². The first-order valence-electron chi connectivity index (χ1n) is 8.23. The van der Waals surface area contributed by atoms with E-state index in [2.05, 4.69) is 10.2 Å². The van der Waals surface area contributed by atoms with Gasteiger partial charge in [0.2, 0.25) is 0 Å². The minimum Gasteiger partial charge on any atom is -0.381 e. The first kappa shape index (κ1) is 15.7. The van der Waals surface area contributed by atoms with E-state index in [1.807, 2.05) is 0 Å². The second-order valence-electron chi connectivity index (χ2n) is 6.32. The SMILES string of the molecule is Fc1ccc(N2CCC(NCC3CCOCC3)CC2)cc1F. The normalized spacial score (nSPS) is 21.3. The lowest BCUT2D eigenvalue weighted by atomic mass is 9.98. The zero-order valence-electron chi connectivity index (χ0n) is 12.9. The number of hydrogen-bond donors (Lipinski definition) is 1. The summed E-state index contributed by atoms with van der Waals surface area (Å²) in [6.07, 6.45) is 4.39. The molecule has 3 rings (SSSR count). The van der Waals surface area contributed by atoms with Crippen LogP contribution in [0.25, 0.3) is 0 Å². The average Bonchev–Trinajstić information content (AvgIpc) is 2.57. The van der Waals surface area contributed by atoms with E-state index in [9.17, 15) is 8.78 Å². The highest BCUT2D eigenvalue weighted by molar-refractivity contribution is 5.47. The zero-order valence-corrected chi connectivity index (χ0v) is 12.9. The second kappa shape index (κ2) is 7.38. The molecule has 122 valence electrons. The molecular weight excluding hydrogens is 286 g/mol. The lowest BCUT2D eigenvalue weighted by Gasteiger charge is -2.35. The molecule has 0 saturated carbocycles. The van der Waals surface area contributed by atoms with E-state index >= 15 is 0 Å². The van der Waals surface area contributed by atoms with Crippen molar-refractivity contribution in [3.8, 4) is 0 Å². The topological polar surface area (TPSA) is 24.5 Å². The molecule has 1 N–H and O–H groups in total. The molecule has 1 aromatic rings. The Labute approximate surface area is 130 Å². The number of hydrogen-bond acceptors (Lipinski definition) is 3. The Hall–Kier alpha value is -1.20. The van der Waals surface area contributed by atoms with Gasteiger partial charge in [0, 0.05) is 44.1 Å². The molecule has 0 unspecified atom stereocenters. The molecule has 5 heteroatoms. The van der Waals surface area contributed by atoms with Gasteiger partial charge in [0.15, 0.2) is 11.6 Å². The van der Waals surface area contributed by atoms with Crippen LogP contribution in [0.3, 0.4) is 0 Å². The fourth-order valence-electron chi connectivity index (χ4n) is 3.31. The van der Waals surface area contributed by atoms with Crippen molar-refractivity contribution in [2.45, 2.75) is 31.7 Å². The number of rotatable bonds is 4. The van der Waals surface area contributed by atoms with E-state index in [0.717, 1.165) is 70.1 Å². The van der Waals surface area contributed by atoms with Crippen molar-refractivity contribution in [1.82, 2.24) is 5.32 Å². The standard InChI is InChI=1S/C17H24F2N2O/c18-16-2-1-15(11-17(16)19)21-7-3-14(4-8-21)20-12-13-5-9-22-10-6-13/h1-2,11,13-14,20H,3-10,12H2. The first-order chi connectivity index (χ1) is 10.7. The number of benzene rings is 1. The maximum atomic E-state index is 13.3. The fourth-order valence-corrected chi connectivity index (χ4v) is 3.31. The smallest absolute Gasteiger partial charge is 0.160 e. The van der Waals surface area contributed by atoms with Crippen LogP contribution in [0.1, 0.15) is 25.7 Å². The van der Waals surface area contributed by atoms with E-state index in [4.69, 9.17) is 4.74 Å². The van der Waals surface area contributed by atoms with Crippen LogP contribution in [0.15, 0.2) is 18.2 Å². The molecule has 0 bridgehead atoms. The van der Waals surface area contributed by atoms with Crippen molar-refractivity contribution in [1.29, 1.82) is 0 Å². The third kappa shape index (κ3) is 3.96. The molecule has 3 nitrogen and oxygen atoms in total. The van der Waals surface area contributed by atoms with Gasteiger partial charge in [-0.15, -0.1) is 0 Å². The maximum absolute atomic E-state index is 13.3. The van der Waals surface area contributed by atoms with Crippen LogP contribution in [0.5, 0.6) is 0 Å². The number of nitrogens with zero attached hydrogens (tertiary/aromatic N) is 1. The lowest BCUT2D eigenvalue weighted by Crippen LogP contribution is -2.44. The first-order valence-corrected chi connectivity index (χ1v) is 8.23. The molecular formula is C17H24F2N2O. The minimum absolute atomic E-state index is 0.532. The number of piperidine rings is 1. The van der Waals surface area contributed by atoms with Crippen LogP contribution in [0.2, 0.25) is 0 Å². The zero-order chi connectivity index (χ0) is 15.4. The van der Waals surface area contributed by atoms with E-state index in [1.54, 1.807) is 6.07 Å². The van der Waals surface area contributed by atoms with Crippen molar-refractivity contribution in [3.05, 3.63) is 29.8 Å². The summed E-state index contributed by atoms with van der Waals surface area (Å²) in [4.78, 5) is 2.13. The van der Waals surface area contributed by atoms with Gasteiger partial charge in [-0.1, -0.05) is 0 Å². The van der Waals surface area contributed by atoms with Gasteiger partial charge in [0.05, 0.1) is 0 Å². The Morgan fingerprint density at radius 1 is 1.05 bits per heavy atom. The van der Waals surface area contributed by atoms with Crippen molar-refractivity contribution in [2.24, 2.45) is 5.92 Å². The molecule has 0 aliphatic carbocycles. The number of ether oxygens (including phenoxy) is 1. The van der Waals surface area contributed by atoms with Gasteiger partial charge in [-0.2, -0.15) is 0 Å². The van der Waals surface area contributed by atoms with Gasteiger partial charge in [-0.05, 0) is 50.3 Å². The summed E-state index contributed by atoms with van der Waals surface area (Å²) in [5.74, 6) is -0.813. The lowest BCUT2D eigenvalue weighted by molar-refractivity contribution is 0.0651. The molecule has 1 aromatic carbocycles. The molecule has 2 aliphatic rings. The van der Waals surface area contributed by atoms with Gasteiger partial charge >= 0.3 is 0 Å². The summed E-state index contributed by atoms with van der Waals surface area (Å²) >= 11 is 0. The second-order valence-corrected chi connectivity index (χ2v) is 6.32. The summed E-state index contributed by atoms with van der Waals surface area (Å²) in [6, 6.07) is 4.70. The predicted molar refractivity (Wildman–Crippen MR) is 83.1 cm³/mol. The number of nitrogens with one attached hydrogen (secondary N) is 1. The summed E-state index contributed by atoms with van der Waals surface area (Å²) in [5.41, 5.74) is 0.779. The Morgan fingerprint density at radius 3 is 2.45 bits per heavy atom. The van der Waals surface area contributed by atoms with E-state index in [0.29, 0.717) is 6.04 Å². The maximum Gasteiger partial charge on any atom is 0.160 e. The largest absolute Gasteiger partial charge is 0.381 e. The minimum atomic E-state index is -0.781. The third-order valence-corrected chi connectivity index (χ3v) is 4.80. The Bertz CT molecular complexity index is 484. The Kier molecular flexibility index (Phi) is 5.26. The van der Waals surface area contributed by atoms with Gasteiger partial charge in [-0.25, -0.2) is 8.78 Å². The van der Waals surface area contributed by atoms with Crippen molar-refractivity contribution >= 4 is 5.69 Å². The predicted octanol–water partition coefficient (Wildman–Crippen LogP) is 2.95. The molecule has 0 radical (unpaired) electrons. The van der Waals surface area contributed by atoms with Gasteiger partial charge in [0.1, 0.15) is 0 Å². The van der Waals surface area contributed by atoms with Gasteiger partial charge in [-0.3, -0.25) is 0 Å². The summed E-state index contributed by atoms with van der Waals surface area (Å²) in [7, 11) is 0. The van der Waals surface area contributed by atoms with Gasteiger partial charge < -0.3 is 15.0 Å². The van der Waals surface area contributed by atoms with Crippen LogP contribution in [-0.4, -0.2) is 38.9 Å². The molecule has 0 aromatic heterocycles. The molecule has 2 fully saturated rings. The van der Waals surface area contributed by atoms with Crippen molar-refractivity contribution < 1.29 is 13.5 Å². The van der Waals surface area contributed by atoms with E-state index < -0.39 is 11.6 Å². The molecule has 0 atom stereocenters. The molecule has 2 aliphatic heterocycles. The highest BCUT2D eigenvalue weighted by Crippen LogP contribution is 2.22. The summed E-state index contributed by atoms with van der Waals surface area (Å²) in [5, 5.41) is 3.67. The van der Waals surface area contributed by atoms with Crippen LogP contribution < -0.4 is 10.2 Å². The van der Waals surface area contributed by atoms with Crippen LogP contribution in [0, 0.1) is 17.6 Å². The van der Waals surface area contributed by atoms with Crippen molar-refractivity contribution in [2.75, 3.05) is 37.7 Å². The van der Waals surface area contributed by atoms with Crippen LogP contribution >= 0.6 is 0 Å². The van der Waals surface area contributed by atoms with Crippen LogP contribution in [-0.2, 0) is 4.74 Å². The monoisotopic (exact) mass is 310 g/mol.